The van der Waals surface area contributed by atoms with Gasteiger partial charge in [-0.2, -0.15) is 5.10 Å². The lowest BCUT2D eigenvalue weighted by molar-refractivity contribution is 0.720. The zero-order chi connectivity index (χ0) is 13.4. The van der Waals surface area contributed by atoms with Crippen LogP contribution in [0.4, 0.5) is 0 Å². The van der Waals surface area contributed by atoms with Crippen molar-refractivity contribution in [3.05, 3.63) is 65.9 Å². The third-order valence-electron chi connectivity index (χ3n) is 3.36. The zero-order valence-corrected chi connectivity index (χ0v) is 10.6. The minimum Gasteiger partial charge on any atom is -0.151 e. The number of tetrazole rings is 1. The first kappa shape index (κ1) is 11.0. The highest BCUT2D eigenvalue weighted by Gasteiger charge is 2.10. The molecule has 0 spiro atoms. The molecule has 0 unspecified atom stereocenters. The predicted molar refractivity (Wildman–Crippen MR) is 75.3 cm³/mol. The maximum Gasteiger partial charge on any atom is 0.207 e. The summed E-state index contributed by atoms with van der Waals surface area (Å²) in [7, 11) is 0. The van der Waals surface area contributed by atoms with E-state index < -0.39 is 0 Å². The van der Waals surface area contributed by atoms with Gasteiger partial charge in [0.25, 0.3) is 0 Å². The monoisotopic (exact) mass is 261 g/mol. The summed E-state index contributed by atoms with van der Waals surface area (Å²) >= 11 is 0. The summed E-state index contributed by atoms with van der Waals surface area (Å²) in [5.41, 5.74) is 2.89. The molecule has 2 aromatic heterocycles. The van der Waals surface area contributed by atoms with Crippen molar-refractivity contribution >= 4 is 16.4 Å². The molecular weight excluding hydrogens is 250 g/mol. The van der Waals surface area contributed by atoms with Gasteiger partial charge in [0.1, 0.15) is 0 Å². The molecule has 0 aliphatic carbocycles. The molecule has 2 aromatic carbocycles. The average Bonchev–Trinajstić information content (AvgIpc) is 2.97. The summed E-state index contributed by atoms with van der Waals surface area (Å²) in [6.07, 6.45) is 0.761. The molecule has 0 amide bonds. The van der Waals surface area contributed by atoms with Crippen molar-refractivity contribution in [2.75, 3.05) is 0 Å². The van der Waals surface area contributed by atoms with Crippen LogP contribution in [0.25, 0.3) is 16.4 Å². The molecule has 0 fully saturated rings. The van der Waals surface area contributed by atoms with Crippen molar-refractivity contribution in [2.45, 2.75) is 6.42 Å². The minimum atomic E-state index is 0.692. The molecule has 0 radical (unpaired) electrons. The molecule has 0 saturated heterocycles. The normalized spacial score (nSPS) is 11.2. The van der Waals surface area contributed by atoms with E-state index in [1.54, 1.807) is 0 Å². The average molecular weight is 261 g/mol. The molecule has 0 aliphatic rings. The number of aromatic nitrogens is 5. The fourth-order valence-corrected chi connectivity index (χ4v) is 2.43. The van der Waals surface area contributed by atoms with E-state index in [0.717, 1.165) is 22.9 Å². The van der Waals surface area contributed by atoms with Crippen LogP contribution in [0.2, 0.25) is 0 Å². The van der Waals surface area contributed by atoms with Crippen LogP contribution < -0.4 is 0 Å². The Balaban J connectivity index is 1.96. The number of hydrogen-bond acceptors (Lipinski definition) is 4. The van der Waals surface area contributed by atoms with Crippen molar-refractivity contribution in [1.82, 2.24) is 25.3 Å². The van der Waals surface area contributed by atoms with Crippen LogP contribution in [0.1, 0.15) is 11.3 Å². The van der Waals surface area contributed by atoms with Crippen LogP contribution in [0.3, 0.4) is 0 Å². The van der Waals surface area contributed by atoms with E-state index in [2.05, 4.69) is 38.8 Å². The van der Waals surface area contributed by atoms with Crippen LogP contribution in [0, 0.1) is 0 Å². The molecule has 5 heteroatoms. The topological polar surface area (TPSA) is 56.0 Å². The number of hydrogen-bond donors (Lipinski definition) is 0. The van der Waals surface area contributed by atoms with E-state index in [0.29, 0.717) is 5.65 Å². The summed E-state index contributed by atoms with van der Waals surface area (Å²) in [6.45, 7) is 0. The van der Waals surface area contributed by atoms with Crippen molar-refractivity contribution in [3.63, 3.8) is 0 Å². The Morgan fingerprint density at radius 3 is 2.45 bits per heavy atom. The van der Waals surface area contributed by atoms with E-state index in [9.17, 15) is 0 Å². The number of benzene rings is 2. The summed E-state index contributed by atoms with van der Waals surface area (Å²) in [5.74, 6) is 0. The second-order valence-electron chi connectivity index (χ2n) is 4.65. The maximum atomic E-state index is 4.54. The molecule has 4 aromatic rings. The van der Waals surface area contributed by atoms with Gasteiger partial charge in [-0.1, -0.05) is 54.6 Å². The van der Waals surface area contributed by atoms with E-state index in [1.807, 2.05) is 36.4 Å². The van der Waals surface area contributed by atoms with Crippen molar-refractivity contribution < 1.29 is 0 Å². The van der Waals surface area contributed by atoms with Gasteiger partial charge in [-0.25, -0.2) is 0 Å². The Labute approximate surface area is 114 Å². The molecular formula is C15H11N5. The van der Waals surface area contributed by atoms with Gasteiger partial charge in [0, 0.05) is 17.2 Å². The maximum absolute atomic E-state index is 4.54. The smallest absolute Gasteiger partial charge is 0.151 e. The van der Waals surface area contributed by atoms with Gasteiger partial charge >= 0.3 is 0 Å². The summed E-state index contributed by atoms with van der Waals surface area (Å²) in [6, 6.07) is 18.4. The standard InChI is InChI=1S/C15H11N5/c1-2-6-11(7-3-1)10-14-12-8-4-5-9-13(12)15-16-18-19-20(15)17-14/h1-9H,10H2. The Morgan fingerprint density at radius 2 is 1.60 bits per heavy atom. The number of fused-ring (bicyclic) bond motifs is 3. The van der Waals surface area contributed by atoms with Crippen LogP contribution in [-0.4, -0.2) is 25.3 Å². The van der Waals surface area contributed by atoms with Gasteiger partial charge in [0.15, 0.2) is 0 Å². The third kappa shape index (κ3) is 1.72. The molecule has 0 bridgehead atoms. The largest absolute Gasteiger partial charge is 0.207 e. The second-order valence-corrected chi connectivity index (χ2v) is 4.65. The van der Waals surface area contributed by atoms with Crippen molar-refractivity contribution in [3.8, 4) is 0 Å². The van der Waals surface area contributed by atoms with Gasteiger partial charge in [-0.15, -0.1) is 9.73 Å². The predicted octanol–water partition coefficient (Wildman–Crippen LogP) is 2.26. The van der Waals surface area contributed by atoms with Crippen molar-refractivity contribution in [1.29, 1.82) is 0 Å². The van der Waals surface area contributed by atoms with Crippen molar-refractivity contribution in [2.24, 2.45) is 0 Å². The number of rotatable bonds is 2. The number of nitrogens with zero attached hydrogens (tertiary/aromatic N) is 5. The molecule has 0 atom stereocenters. The summed E-state index contributed by atoms with van der Waals surface area (Å²) in [4.78, 5) is 0. The fourth-order valence-electron chi connectivity index (χ4n) is 2.43. The van der Waals surface area contributed by atoms with Crippen LogP contribution in [-0.2, 0) is 6.42 Å². The highest BCUT2D eigenvalue weighted by molar-refractivity contribution is 5.94. The lowest BCUT2D eigenvalue weighted by Gasteiger charge is -2.06. The molecule has 20 heavy (non-hydrogen) atoms. The summed E-state index contributed by atoms with van der Waals surface area (Å²) in [5, 5.41) is 18.3. The highest BCUT2D eigenvalue weighted by atomic mass is 15.6. The molecule has 0 aliphatic heterocycles. The fraction of sp³-hybridized carbons (Fsp3) is 0.0667. The highest BCUT2D eigenvalue weighted by Crippen LogP contribution is 2.21. The third-order valence-corrected chi connectivity index (χ3v) is 3.36. The molecule has 5 nitrogen and oxygen atoms in total. The van der Waals surface area contributed by atoms with E-state index >= 15 is 0 Å². The Morgan fingerprint density at radius 1 is 0.850 bits per heavy atom. The van der Waals surface area contributed by atoms with Gasteiger partial charge in [-0.05, 0) is 16.0 Å². The Kier molecular flexibility index (Phi) is 2.42. The van der Waals surface area contributed by atoms with Crippen LogP contribution in [0.5, 0.6) is 0 Å². The van der Waals surface area contributed by atoms with Crippen LogP contribution in [0.15, 0.2) is 54.6 Å². The minimum absolute atomic E-state index is 0.692. The molecule has 4 rings (SSSR count). The molecule has 0 saturated carbocycles. The van der Waals surface area contributed by atoms with E-state index in [-0.39, 0.29) is 0 Å². The first-order valence-electron chi connectivity index (χ1n) is 6.42. The van der Waals surface area contributed by atoms with E-state index in [1.165, 1.54) is 10.2 Å². The lowest BCUT2D eigenvalue weighted by atomic mass is 10.0. The van der Waals surface area contributed by atoms with Gasteiger partial charge in [-0.3, -0.25) is 0 Å². The van der Waals surface area contributed by atoms with Gasteiger partial charge in [0.05, 0.1) is 5.69 Å². The zero-order valence-electron chi connectivity index (χ0n) is 10.6. The Bertz CT molecular complexity index is 882. The second kappa shape index (κ2) is 4.38. The molecule has 2 heterocycles. The quantitative estimate of drug-likeness (QED) is 0.555. The van der Waals surface area contributed by atoms with Gasteiger partial charge in [0.2, 0.25) is 5.65 Å². The summed E-state index contributed by atoms with van der Waals surface area (Å²) < 4.78 is 1.50. The Hall–Kier alpha value is -2.82. The first-order chi connectivity index (χ1) is 9.92. The van der Waals surface area contributed by atoms with E-state index in [4.69, 9.17) is 0 Å². The lowest BCUT2D eigenvalue weighted by Crippen LogP contribution is -2.02. The van der Waals surface area contributed by atoms with Crippen LogP contribution >= 0.6 is 0 Å². The first-order valence-corrected chi connectivity index (χ1v) is 6.42. The SMILES string of the molecule is c1ccc(Cc2nn3nnnc3c3ccccc23)cc1. The molecule has 0 N–H and O–H groups in total. The van der Waals surface area contributed by atoms with Gasteiger partial charge < -0.3 is 0 Å². The molecule has 96 valence electrons.